The molecule has 1 aromatic carbocycles. The van der Waals surface area contributed by atoms with Crippen LogP contribution < -0.4 is 0 Å². The van der Waals surface area contributed by atoms with E-state index in [0.717, 1.165) is 45.3 Å². The molecular formula is C18H24N2O2. The summed E-state index contributed by atoms with van der Waals surface area (Å²) in [5.41, 5.74) is 1.26. The van der Waals surface area contributed by atoms with E-state index in [0.29, 0.717) is 13.0 Å². The first-order valence-corrected chi connectivity index (χ1v) is 8.34. The zero-order valence-corrected chi connectivity index (χ0v) is 13.0. The molecule has 0 spiro atoms. The molecule has 1 heterocycles. The Morgan fingerprint density at radius 2 is 1.77 bits per heavy atom. The molecule has 118 valence electrons. The molecule has 0 radical (unpaired) electrons. The van der Waals surface area contributed by atoms with E-state index in [1.54, 1.807) is 0 Å². The Hall–Kier alpha value is -1.68. The van der Waals surface area contributed by atoms with Crippen LogP contribution in [0.3, 0.4) is 0 Å². The fraction of sp³-hybridized carbons (Fsp3) is 0.556. The number of carbonyl (C=O) groups is 2. The van der Waals surface area contributed by atoms with E-state index in [4.69, 9.17) is 0 Å². The number of benzene rings is 1. The van der Waals surface area contributed by atoms with Gasteiger partial charge in [0.05, 0.1) is 0 Å². The van der Waals surface area contributed by atoms with E-state index >= 15 is 0 Å². The van der Waals surface area contributed by atoms with E-state index in [1.165, 1.54) is 10.5 Å². The molecule has 1 aliphatic carbocycles. The molecule has 22 heavy (non-hydrogen) atoms. The third-order valence-electron chi connectivity index (χ3n) is 4.80. The molecule has 4 heteroatoms. The second-order valence-electron chi connectivity index (χ2n) is 6.38. The number of amides is 2. The zero-order valence-electron chi connectivity index (χ0n) is 13.0. The van der Waals surface area contributed by atoms with Crippen molar-refractivity contribution < 1.29 is 9.59 Å². The maximum absolute atomic E-state index is 12.5. The van der Waals surface area contributed by atoms with Gasteiger partial charge in [0, 0.05) is 38.5 Å². The van der Waals surface area contributed by atoms with E-state index in [2.05, 4.69) is 17.0 Å². The van der Waals surface area contributed by atoms with E-state index in [1.807, 2.05) is 18.2 Å². The minimum absolute atomic E-state index is 0.00691. The molecule has 0 atom stereocenters. The molecule has 0 aromatic heterocycles. The van der Waals surface area contributed by atoms with Crippen molar-refractivity contribution in [3.8, 4) is 0 Å². The molecule has 2 aliphatic rings. The van der Waals surface area contributed by atoms with Crippen LogP contribution in [0.4, 0.5) is 0 Å². The normalized spacial score (nSPS) is 21.1. The van der Waals surface area contributed by atoms with E-state index in [-0.39, 0.29) is 17.7 Å². The van der Waals surface area contributed by atoms with Gasteiger partial charge in [-0.1, -0.05) is 43.2 Å². The van der Waals surface area contributed by atoms with Gasteiger partial charge in [-0.05, 0) is 18.4 Å². The summed E-state index contributed by atoms with van der Waals surface area (Å²) >= 11 is 0. The number of nitrogens with zero attached hydrogens (tertiary/aromatic N) is 2. The van der Waals surface area contributed by atoms with Crippen LogP contribution in [0, 0.1) is 5.92 Å². The van der Waals surface area contributed by atoms with Gasteiger partial charge in [-0.3, -0.25) is 19.4 Å². The molecule has 3 rings (SSSR count). The highest BCUT2D eigenvalue weighted by Gasteiger charge is 2.32. The van der Waals surface area contributed by atoms with Gasteiger partial charge >= 0.3 is 0 Å². The van der Waals surface area contributed by atoms with Crippen LogP contribution in [-0.2, 0) is 16.1 Å². The molecule has 2 amide bonds. The van der Waals surface area contributed by atoms with E-state index in [9.17, 15) is 9.59 Å². The first-order chi connectivity index (χ1) is 10.7. The zero-order chi connectivity index (χ0) is 15.4. The summed E-state index contributed by atoms with van der Waals surface area (Å²) in [4.78, 5) is 28.6. The number of rotatable bonds is 3. The number of carbonyl (C=O) groups excluding carboxylic acids is 2. The summed E-state index contributed by atoms with van der Waals surface area (Å²) < 4.78 is 0. The molecule has 2 fully saturated rings. The van der Waals surface area contributed by atoms with Crippen molar-refractivity contribution in [1.82, 2.24) is 9.80 Å². The SMILES string of the molecule is O=C1CCN(Cc2ccccc2)CCN1C(=O)C1CCCC1. The number of hydrogen-bond donors (Lipinski definition) is 0. The van der Waals surface area contributed by atoms with Crippen LogP contribution in [-0.4, -0.2) is 41.2 Å². The van der Waals surface area contributed by atoms with Crippen molar-refractivity contribution >= 4 is 11.8 Å². The van der Waals surface area contributed by atoms with Crippen molar-refractivity contribution in [2.45, 2.75) is 38.6 Å². The summed E-state index contributed by atoms with van der Waals surface area (Å²) in [5.74, 6) is 0.168. The van der Waals surface area contributed by atoms with Crippen LogP contribution in [0.25, 0.3) is 0 Å². The van der Waals surface area contributed by atoms with Gasteiger partial charge in [-0.25, -0.2) is 0 Å². The fourth-order valence-corrected chi connectivity index (χ4v) is 3.49. The molecular weight excluding hydrogens is 276 g/mol. The third kappa shape index (κ3) is 3.55. The second kappa shape index (κ2) is 7.05. The Kier molecular flexibility index (Phi) is 4.88. The van der Waals surface area contributed by atoms with Crippen molar-refractivity contribution in [3.63, 3.8) is 0 Å². The number of imide groups is 1. The minimum atomic E-state index is 0.00691. The van der Waals surface area contributed by atoms with Crippen molar-refractivity contribution in [2.75, 3.05) is 19.6 Å². The predicted molar refractivity (Wildman–Crippen MR) is 85.0 cm³/mol. The lowest BCUT2D eigenvalue weighted by atomic mass is 10.1. The lowest BCUT2D eigenvalue weighted by Crippen LogP contribution is -2.41. The highest BCUT2D eigenvalue weighted by atomic mass is 16.2. The average Bonchev–Trinajstić information content (AvgIpc) is 3.01. The maximum atomic E-state index is 12.5. The van der Waals surface area contributed by atoms with Gasteiger partial charge in [-0.15, -0.1) is 0 Å². The molecule has 1 aromatic rings. The lowest BCUT2D eigenvalue weighted by Gasteiger charge is -2.23. The average molecular weight is 300 g/mol. The van der Waals surface area contributed by atoms with Gasteiger partial charge in [-0.2, -0.15) is 0 Å². The molecule has 4 nitrogen and oxygen atoms in total. The second-order valence-corrected chi connectivity index (χ2v) is 6.38. The molecule has 0 bridgehead atoms. The van der Waals surface area contributed by atoms with Crippen LogP contribution in [0.15, 0.2) is 30.3 Å². The van der Waals surface area contributed by atoms with Crippen LogP contribution in [0.5, 0.6) is 0 Å². The summed E-state index contributed by atoms with van der Waals surface area (Å²) in [5, 5.41) is 0. The Morgan fingerprint density at radius 1 is 1.05 bits per heavy atom. The lowest BCUT2D eigenvalue weighted by molar-refractivity contribution is -0.146. The molecule has 0 unspecified atom stereocenters. The van der Waals surface area contributed by atoms with Gasteiger partial charge in [0.2, 0.25) is 11.8 Å². The van der Waals surface area contributed by atoms with Crippen molar-refractivity contribution in [1.29, 1.82) is 0 Å². The fourth-order valence-electron chi connectivity index (χ4n) is 3.49. The molecule has 0 N–H and O–H groups in total. The topological polar surface area (TPSA) is 40.6 Å². The van der Waals surface area contributed by atoms with Gasteiger partial charge in [0.25, 0.3) is 0 Å². The first kappa shape index (κ1) is 15.2. The molecule has 1 saturated heterocycles. The molecule has 1 saturated carbocycles. The summed E-state index contributed by atoms with van der Waals surface area (Å²) in [6, 6.07) is 10.3. The van der Waals surface area contributed by atoms with Crippen LogP contribution in [0.2, 0.25) is 0 Å². The summed E-state index contributed by atoms with van der Waals surface area (Å²) in [6.07, 6.45) is 4.61. The van der Waals surface area contributed by atoms with Gasteiger partial charge in [0.15, 0.2) is 0 Å². The smallest absolute Gasteiger partial charge is 0.232 e. The predicted octanol–water partition coefficient (Wildman–Crippen LogP) is 2.44. The number of hydrogen-bond acceptors (Lipinski definition) is 3. The Morgan fingerprint density at radius 3 is 2.50 bits per heavy atom. The van der Waals surface area contributed by atoms with Gasteiger partial charge in [0.1, 0.15) is 0 Å². The first-order valence-electron chi connectivity index (χ1n) is 8.34. The summed E-state index contributed by atoms with van der Waals surface area (Å²) in [7, 11) is 0. The standard InChI is InChI=1S/C18H24N2O2/c21-17-10-11-19(14-15-6-2-1-3-7-15)12-13-20(17)18(22)16-8-4-5-9-16/h1-3,6-7,16H,4-5,8-14H2. The Labute approximate surface area is 132 Å². The highest BCUT2D eigenvalue weighted by molar-refractivity contribution is 5.96. The Balaban J connectivity index is 1.60. The van der Waals surface area contributed by atoms with Crippen molar-refractivity contribution in [2.24, 2.45) is 5.92 Å². The third-order valence-corrected chi connectivity index (χ3v) is 4.80. The van der Waals surface area contributed by atoms with Crippen molar-refractivity contribution in [3.05, 3.63) is 35.9 Å². The summed E-state index contributed by atoms with van der Waals surface area (Å²) in [6.45, 7) is 2.90. The van der Waals surface area contributed by atoms with Gasteiger partial charge < -0.3 is 0 Å². The van der Waals surface area contributed by atoms with E-state index < -0.39 is 0 Å². The Bertz CT molecular complexity index is 523. The maximum Gasteiger partial charge on any atom is 0.232 e. The molecule has 1 aliphatic heterocycles. The minimum Gasteiger partial charge on any atom is -0.297 e. The quantitative estimate of drug-likeness (QED) is 0.805. The highest BCUT2D eigenvalue weighted by Crippen LogP contribution is 2.27. The van der Waals surface area contributed by atoms with Crippen LogP contribution in [0.1, 0.15) is 37.7 Å². The largest absolute Gasteiger partial charge is 0.297 e. The van der Waals surface area contributed by atoms with Crippen LogP contribution >= 0.6 is 0 Å². The monoisotopic (exact) mass is 300 g/mol.